The Hall–Kier alpha value is -1.80. The van der Waals surface area contributed by atoms with E-state index in [9.17, 15) is 4.79 Å². The van der Waals surface area contributed by atoms with Crippen LogP contribution < -0.4 is 0 Å². The van der Waals surface area contributed by atoms with E-state index in [1.807, 2.05) is 55.5 Å². The van der Waals surface area contributed by atoms with Crippen molar-refractivity contribution in [2.45, 2.75) is 18.2 Å². The van der Waals surface area contributed by atoms with E-state index in [2.05, 4.69) is 0 Å². The summed E-state index contributed by atoms with van der Waals surface area (Å²) in [5.74, 6) is -0.390. The normalized spacial score (nSPS) is 14.5. The van der Waals surface area contributed by atoms with Crippen molar-refractivity contribution in [1.29, 1.82) is 0 Å². The lowest BCUT2D eigenvalue weighted by atomic mass is 9.96. The van der Waals surface area contributed by atoms with E-state index in [1.54, 1.807) is 0 Å². The highest BCUT2D eigenvalue weighted by atomic mass is 35.5. The van der Waals surface area contributed by atoms with Crippen molar-refractivity contribution < 1.29 is 9.53 Å². The molecule has 2 aromatic rings. The van der Waals surface area contributed by atoms with Gasteiger partial charge in [-0.15, -0.1) is 0 Å². The Morgan fingerprint density at radius 3 is 2.05 bits per heavy atom. The predicted molar refractivity (Wildman–Crippen MR) is 79.8 cm³/mol. The number of esters is 1. The molecule has 0 N–H and O–H groups in total. The van der Waals surface area contributed by atoms with Gasteiger partial charge in [-0.2, -0.15) is 0 Å². The summed E-state index contributed by atoms with van der Waals surface area (Å²) in [6, 6.07) is 15.5. The van der Waals surface area contributed by atoms with Crippen molar-refractivity contribution in [1.82, 2.24) is 0 Å². The van der Waals surface area contributed by atoms with Gasteiger partial charge in [0, 0.05) is 0 Å². The zero-order valence-corrected chi connectivity index (χ0v) is 12.0. The molecule has 0 radical (unpaired) electrons. The Bertz CT molecular complexity index is 618. The maximum Gasteiger partial charge on any atom is 0.336 e. The molecule has 0 unspecified atom stereocenters. The van der Waals surface area contributed by atoms with E-state index in [1.165, 1.54) is 0 Å². The van der Waals surface area contributed by atoms with Gasteiger partial charge in [0.2, 0.25) is 0 Å². The third-order valence-electron chi connectivity index (χ3n) is 3.61. The van der Waals surface area contributed by atoms with Crippen molar-refractivity contribution >= 4 is 17.6 Å². The molecule has 1 aliphatic carbocycles. The van der Waals surface area contributed by atoms with Gasteiger partial charge in [0.15, 0.2) is 4.87 Å². The smallest absolute Gasteiger partial charge is 0.336 e. The zero-order valence-electron chi connectivity index (χ0n) is 11.2. The number of alkyl halides is 1. The number of carbonyl (C=O) groups is 1. The predicted octanol–water partition coefficient (Wildman–Crippen LogP) is 4.10. The van der Waals surface area contributed by atoms with E-state index in [-0.39, 0.29) is 0 Å². The van der Waals surface area contributed by atoms with Crippen LogP contribution in [-0.4, -0.2) is 12.6 Å². The molecule has 3 rings (SSSR count). The zero-order chi connectivity index (χ0) is 14.2. The van der Waals surface area contributed by atoms with Crippen LogP contribution in [-0.2, 0) is 14.4 Å². The van der Waals surface area contributed by atoms with E-state index in [0.29, 0.717) is 6.61 Å². The average molecular weight is 287 g/mol. The molecule has 3 heteroatoms. The molecule has 0 fully saturated rings. The second-order valence-corrected chi connectivity index (χ2v) is 5.45. The van der Waals surface area contributed by atoms with Gasteiger partial charge in [0.1, 0.15) is 0 Å². The van der Waals surface area contributed by atoms with Crippen LogP contribution in [0.2, 0.25) is 0 Å². The standard InChI is InChI=1S/C17H15ClO2/c1-2-11-20-16(19)17(18)14-9-5-3-7-12(14)13-8-4-6-10-15(13)17/h3-10H,2,11H2,1H3. The van der Waals surface area contributed by atoms with Crippen LogP contribution >= 0.6 is 11.6 Å². The first kappa shape index (κ1) is 13.2. The van der Waals surface area contributed by atoms with Crippen LogP contribution in [0.1, 0.15) is 24.5 Å². The van der Waals surface area contributed by atoms with Crippen LogP contribution in [0, 0.1) is 0 Å². The summed E-state index contributed by atoms with van der Waals surface area (Å²) in [5, 5.41) is 0. The van der Waals surface area contributed by atoms with Crippen LogP contribution in [0.15, 0.2) is 48.5 Å². The number of hydrogen-bond acceptors (Lipinski definition) is 2. The molecular formula is C17H15ClO2. The highest BCUT2D eigenvalue weighted by molar-refractivity contribution is 6.38. The minimum atomic E-state index is -1.22. The molecule has 0 aromatic heterocycles. The Morgan fingerprint density at radius 2 is 1.55 bits per heavy atom. The number of rotatable bonds is 3. The molecule has 0 amide bonds. The van der Waals surface area contributed by atoms with Gasteiger partial charge in [0.05, 0.1) is 6.61 Å². The lowest BCUT2D eigenvalue weighted by molar-refractivity contribution is -0.145. The molecule has 0 saturated heterocycles. The van der Waals surface area contributed by atoms with Gasteiger partial charge in [-0.1, -0.05) is 67.1 Å². The number of fused-ring (bicyclic) bond motifs is 3. The van der Waals surface area contributed by atoms with E-state index in [0.717, 1.165) is 28.7 Å². The fourth-order valence-electron chi connectivity index (χ4n) is 2.70. The van der Waals surface area contributed by atoms with E-state index in [4.69, 9.17) is 16.3 Å². The van der Waals surface area contributed by atoms with Crippen LogP contribution in [0.25, 0.3) is 11.1 Å². The summed E-state index contributed by atoms with van der Waals surface area (Å²) in [7, 11) is 0. The van der Waals surface area contributed by atoms with Crippen LogP contribution in [0.4, 0.5) is 0 Å². The largest absolute Gasteiger partial charge is 0.464 e. The molecule has 0 spiro atoms. The molecule has 2 nitrogen and oxygen atoms in total. The SMILES string of the molecule is CCCOC(=O)C1(Cl)c2ccccc2-c2ccccc21. The quantitative estimate of drug-likeness (QED) is 0.627. The molecule has 0 atom stereocenters. The number of carbonyl (C=O) groups excluding carboxylic acids is 1. The van der Waals surface area contributed by atoms with Gasteiger partial charge < -0.3 is 4.74 Å². The monoisotopic (exact) mass is 286 g/mol. The minimum absolute atomic E-state index is 0.387. The number of halogens is 1. The van der Waals surface area contributed by atoms with Crippen molar-refractivity contribution in [2.24, 2.45) is 0 Å². The molecule has 0 saturated carbocycles. The van der Waals surface area contributed by atoms with Crippen molar-refractivity contribution in [3.8, 4) is 11.1 Å². The van der Waals surface area contributed by atoms with Gasteiger partial charge in [-0.3, -0.25) is 0 Å². The maximum absolute atomic E-state index is 12.5. The fraction of sp³-hybridized carbons (Fsp3) is 0.235. The van der Waals surface area contributed by atoms with Gasteiger partial charge in [-0.05, 0) is 28.7 Å². The molecule has 0 bridgehead atoms. The maximum atomic E-state index is 12.5. The summed E-state index contributed by atoms with van der Waals surface area (Å²) >= 11 is 6.74. The highest BCUT2D eigenvalue weighted by Gasteiger charge is 2.48. The average Bonchev–Trinajstić information content (AvgIpc) is 2.77. The van der Waals surface area contributed by atoms with Crippen molar-refractivity contribution in [3.63, 3.8) is 0 Å². The van der Waals surface area contributed by atoms with Gasteiger partial charge >= 0.3 is 5.97 Å². The van der Waals surface area contributed by atoms with E-state index < -0.39 is 10.8 Å². The first-order chi connectivity index (χ1) is 9.69. The Labute approximate surface area is 123 Å². The second-order valence-electron chi connectivity index (χ2n) is 4.89. The van der Waals surface area contributed by atoms with Gasteiger partial charge in [0.25, 0.3) is 0 Å². The molecular weight excluding hydrogens is 272 g/mol. The van der Waals surface area contributed by atoms with Crippen LogP contribution in [0.5, 0.6) is 0 Å². The molecule has 20 heavy (non-hydrogen) atoms. The molecule has 0 heterocycles. The number of hydrogen-bond donors (Lipinski definition) is 0. The molecule has 2 aromatic carbocycles. The molecule has 1 aliphatic rings. The third-order valence-corrected chi connectivity index (χ3v) is 4.17. The third kappa shape index (κ3) is 1.75. The highest BCUT2D eigenvalue weighted by Crippen LogP contribution is 2.51. The lowest BCUT2D eigenvalue weighted by Crippen LogP contribution is -2.31. The Kier molecular flexibility index (Phi) is 3.27. The summed E-state index contributed by atoms with van der Waals surface area (Å²) in [6.45, 7) is 2.35. The van der Waals surface area contributed by atoms with Gasteiger partial charge in [-0.25, -0.2) is 4.79 Å². The Morgan fingerprint density at radius 1 is 1.05 bits per heavy atom. The summed E-state index contributed by atoms with van der Waals surface area (Å²) in [5.41, 5.74) is 3.63. The first-order valence-corrected chi connectivity index (χ1v) is 7.13. The minimum Gasteiger partial charge on any atom is -0.464 e. The fourth-order valence-corrected chi connectivity index (χ4v) is 3.08. The number of benzene rings is 2. The summed E-state index contributed by atoms with van der Waals surface area (Å²) < 4.78 is 5.32. The first-order valence-electron chi connectivity index (χ1n) is 6.75. The summed E-state index contributed by atoms with van der Waals surface area (Å²) in [4.78, 5) is 11.3. The van der Waals surface area contributed by atoms with Crippen molar-refractivity contribution in [2.75, 3.05) is 6.61 Å². The molecule has 102 valence electrons. The van der Waals surface area contributed by atoms with Crippen LogP contribution in [0.3, 0.4) is 0 Å². The summed E-state index contributed by atoms with van der Waals surface area (Å²) in [6.07, 6.45) is 0.780. The topological polar surface area (TPSA) is 26.3 Å². The number of ether oxygens (including phenoxy) is 1. The molecule has 0 aliphatic heterocycles. The lowest BCUT2D eigenvalue weighted by Gasteiger charge is -2.22. The Balaban J connectivity index is 2.18. The van der Waals surface area contributed by atoms with Crippen molar-refractivity contribution in [3.05, 3.63) is 59.7 Å². The van der Waals surface area contributed by atoms with E-state index >= 15 is 0 Å². The second kappa shape index (κ2) is 4.95.